The van der Waals surface area contributed by atoms with Crippen molar-refractivity contribution < 1.29 is 17.9 Å². The minimum atomic E-state index is -3.25. The molecule has 2 unspecified atom stereocenters. The second-order valence-corrected chi connectivity index (χ2v) is 9.81. The Morgan fingerprint density at radius 3 is 2.62 bits per heavy atom. The molecule has 29 heavy (non-hydrogen) atoms. The van der Waals surface area contributed by atoms with Crippen molar-refractivity contribution in [1.82, 2.24) is 4.90 Å². The number of amides is 1. The van der Waals surface area contributed by atoms with Crippen LogP contribution in [-0.2, 0) is 21.2 Å². The molecule has 6 heteroatoms. The first-order valence-corrected chi connectivity index (χ1v) is 11.8. The molecule has 2 aliphatic rings. The van der Waals surface area contributed by atoms with Gasteiger partial charge < -0.3 is 4.74 Å². The highest BCUT2D eigenvalue weighted by Crippen LogP contribution is 2.38. The number of sulfone groups is 1. The van der Waals surface area contributed by atoms with Crippen LogP contribution in [-0.4, -0.2) is 37.8 Å². The summed E-state index contributed by atoms with van der Waals surface area (Å²) in [5.41, 5.74) is 3.00. The Bertz CT molecular complexity index is 1030. The molecule has 4 rings (SSSR count). The molecule has 0 aromatic heterocycles. The van der Waals surface area contributed by atoms with Gasteiger partial charge in [-0.25, -0.2) is 13.2 Å². The Labute approximate surface area is 171 Å². The first kappa shape index (κ1) is 19.7. The topological polar surface area (TPSA) is 63.7 Å². The molecule has 0 spiro atoms. The standard InChI is InChI=1S/C23H25NO4S/c1-29(26,27)22-12-5-9-18(15-22)19-13-20-10-6-11-21(14-19)24(20)23(25)28-16-17-7-3-2-4-8-17/h2-5,7-9,12-13,15,20-21H,6,10-11,14,16H2,1H3. The fourth-order valence-corrected chi connectivity index (χ4v) is 4.92. The van der Waals surface area contributed by atoms with Crippen LogP contribution in [0, 0.1) is 0 Å². The SMILES string of the molecule is CS(=O)(=O)c1cccc(C2=CC3CCCC(C2)N3C(=O)OCc2ccccc2)c1. The summed E-state index contributed by atoms with van der Waals surface area (Å²) in [7, 11) is -3.25. The predicted octanol–water partition coefficient (Wildman–Crippen LogP) is 4.44. The summed E-state index contributed by atoms with van der Waals surface area (Å²) in [6.45, 7) is 0.266. The van der Waals surface area contributed by atoms with Crippen LogP contribution in [0.15, 0.2) is 65.6 Å². The van der Waals surface area contributed by atoms with Crippen LogP contribution in [0.1, 0.15) is 36.8 Å². The molecule has 2 heterocycles. The van der Waals surface area contributed by atoms with Crippen LogP contribution in [0.3, 0.4) is 0 Å². The largest absolute Gasteiger partial charge is 0.445 e. The van der Waals surface area contributed by atoms with Crippen molar-refractivity contribution >= 4 is 21.5 Å². The Kier molecular flexibility index (Phi) is 5.46. The maximum absolute atomic E-state index is 12.8. The van der Waals surface area contributed by atoms with Crippen molar-refractivity contribution in [3.05, 3.63) is 71.8 Å². The minimum absolute atomic E-state index is 0.0114. The van der Waals surface area contributed by atoms with Gasteiger partial charge in [-0.3, -0.25) is 4.90 Å². The van der Waals surface area contributed by atoms with Crippen LogP contribution in [0.2, 0.25) is 0 Å². The molecule has 2 atom stereocenters. The molecular weight excluding hydrogens is 386 g/mol. The van der Waals surface area contributed by atoms with E-state index in [0.717, 1.165) is 36.0 Å². The Morgan fingerprint density at radius 1 is 1.10 bits per heavy atom. The van der Waals surface area contributed by atoms with Crippen LogP contribution >= 0.6 is 0 Å². The van der Waals surface area contributed by atoms with Gasteiger partial charge in [0.1, 0.15) is 6.61 Å². The Balaban J connectivity index is 1.54. The number of rotatable bonds is 4. The number of carbonyl (C=O) groups is 1. The molecule has 1 amide bonds. The summed E-state index contributed by atoms with van der Waals surface area (Å²) < 4.78 is 29.4. The third-order valence-corrected chi connectivity index (χ3v) is 6.80. The zero-order valence-electron chi connectivity index (χ0n) is 16.5. The third-order valence-electron chi connectivity index (χ3n) is 5.69. The fourth-order valence-electron chi connectivity index (χ4n) is 4.25. The summed E-state index contributed by atoms with van der Waals surface area (Å²) in [4.78, 5) is 15.0. The lowest BCUT2D eigenvalue weighted by Gasteiger charge is -2.44. The van der Waals surface area contributed by atoms with Gasteiger partial charge in [-0.15, -0.1) is 0 Å². The van der Waals surface area contributed by atoms with Gasteiger partial charge >= 0.3 is 6.09 Å². The maximum Gasteiger partial charge on any atom is 0.410 e. The normalized spacial score (nSPS) is 21.4. The molecule has 5 nitrogen and oxygen atoms in total. The fraction of sp³-hybridized carbons (Fsp3) is 0.348. The highest BCUT2D eigenvalue weighted by Gasteiger charge is 2.38. The van der Waals surface area contributed by atoms with Gasteiger partial charge in [-0.05, 0) is 54.5 Å². The molecule has 0 aliphatic carbocycles. The molecule has 2 aromatic rings. The highest BCUT2D eigenvalue weighted by molar-refractivity contribution is 7.90. The average molecular weight is 412 g/mol. The van der Waals surface area contributed by atoms with Crippen molar-refractivity contribution in [2.75, 3.05) is 6.26 Å². The third kappa shape index (κ3) is 4.37. The first-order chi connectivity index (χ1) is 13.9. The quantitative estimate of drug-likeness (QED) is 0.746. The lowest BCUT2D eigenvalue weighted by atomic mass is 9.83. The summed E-state index contributed by atoms with van der Waals surface area (Å²) in [6, 6.07) is 16.8. The van der Waals surface area contributed by atoms with E-state index in [1.165, 1.54) is 6.26 Å². The van der Waals surface area contributed by atoms with Crippen molar-refractivity contribution in [1.29, 1.82) is 0 Å². The lowest BCUT2D eigenvalue weighted by molar-refractivity contribution is 0.0510. The second kappa shape index (κ2) is 8.03. The van der Waals surface area contributed by atoms with Crippen molar-refractivity contribution in [2.24, 2.45) is 0 Å². The van der Waals surface area contributed by atoms with Gasteiger partial charge in [-0.2, -0.15) is 0 Å². The van der Waals surface area contributed by atoms with Crippen LogP contribution < -0.4 is 0 Å². The first-order valence-electron chi connectivity index (χ1n) is 9.92. The molecule has 2 bridgehead atoms. The van der Waals surface area contributed by atoms with E-state index >= 15 is 0 Å². The second-order valence-electron chi connectivity index (χ2n) is 7.80. The number of benzene rings is 2. The number of piperidine rings is 1. The van der Waals surface area contributed by atoms with E-state index in [1.54, 1.807) is 18.2 Å². The number of nitrogens with zero attached hydrogens (tertiary/aromatic N) is 1. The smallest absolute Gasteiger partial charge is 0.410 e. The number of carbonyl (C=O) groups excluding carboxylic acids is 1. The maximum atomic E-state index is 12.8. The molecule has 152 valence electrons. The van der Waals surface area contributed by atoms with Gasteiger partial charge in [0.2, 0.25) is 0 Å². The van der Waals surface area contributed by atoms with Crippen molar-refractivity contribution in [3.63, 3.8) is 0 Å². The van der Waals surface area contributed by atoms with Crippen LogP contribution in [0.25, 0.3) is 5.57 Å². The lowest BCUT2D eigenvalue weighted by Crippen LogP contribution is -2.51. The van der Waals surface area contributed by atoms with E-state index in [2.05, 4.69) is 6.08 Å². The molecule has 0 radical (unpaired) electrons. The minimum Gasteiger partial charge on any atom is -0.445 e. The number of hydrogen-bond acceptors (Lipinski definition) is 4. The summed E-state index contributed by atoms with van der Waals surface area (Å²) >= 11 is 0. The van der Waals surface area contributed by atoms with E-state index in [0.29, 0.717) is 11.3 Å². The zero-order valence-corrected chi connectivity index (χ0v) is 17.3. The molecule has 2 aliphatic heterocycles. The average Bonchev–Trinajstić information content (AvgIpc) is 2.71. The van der Waals surface area contributed by atoms with Gasteiger partial charge in [0.05, 0.1) is 10.9 Å². The number of ether oxygens (including phenoxy) is 1. The highest BCUT2D eigenvalue weighted by atomic mass is 32.2. The zero-order chi connectivity index (χ0) is 20.4. The summed E-state index contributed by atoms with van der Waals surface area (Å²) in [5.74, 6) is 0. The number of fused-ring (bicyclic) bond motifs is 2. The number of hydrogen-bond donors (Lipinski definition) is 0. The van der Waals surface area contributed by atoms with E-state index in [9.17, 15) is 13.2 Å². The summed E-state index contributed by atoms with van der Waals surface area (Å²) in [6.07, 6.45) is 6.67. The van der Waals surface area contributed by atoms with E-state index < -0.39 is 9.84 Å². The molecule has 1 fully saturated rings. The van der Waals surface area contributed by atoms with Gasteiger partial charge in [0.15, 0.2) is 9.84 Å². The van der Waals surface area contributed by atoms with Crippen LogP contribution in [0.4, 0.5) is 4.79 Å². The van der Waals surface area contributed by atoms with E-state index in [1.807, 2.05) is 41.3 Å². The molecule has 1 saturated heterocycles. The molecular formula is C23H25NO4S. The van der Waals surface area contributed by atoms with Crippen molar-refractivity contribution in [3.8, 4) is 0 Å². The van der Waals surface area contributed by atoms with Crippen molar-refractivity contribution in [2.45, 2.75) is 49.3 Å². The van der Waals surface area contributed by atoms with E-state index in [-0.39, 0.29) is 24.8 Å². The van der Waals surface area contributed by atoms with Gasteiger partial charge in [0, 0.05) is 12.3 Å². The molecule has 2 aromatic carbocycles. The Hall–Kier alpha value is -2.60. The van der Waals surface area contributed by atoms with Crippen LogP contribution in [0.5, 0.6) is 0 Å². The molecule has 0 N–H and O–H groups in total. The monoisotopic (exact) mass is 411 g/mol. The molecule has 0 saturated carbocycles. The van der Waals surface area contributed by atoms with E-state index in [4.69, 9.17) is 4.74 Å². The van der Waals surface area contributed by atoms with Gasteiger partial charge in [-0.1, -0.05) is 48.5 Å². The summed E-state index contributed by atoms with van der Waals surface area (Å²) in [5, 5.41) is 0. The predicted molar refractivity (Wildman–Crippen MR) is 112 cm³/mol. The van der Waals surface area contributed by atoms with Gasteiger partial charge in [0.25, 0.3) is 0 Å². The Morgan fingerprint density at radius 2 is 1.90 bits per heavy atom.